The van der Waals surface area contributed by atoms with Crippen LogP contribution in [0.5, 0.6) is 5.75 Å². The van der Waals surface area contributed by atoms with Crippen LogP contribution in [0, 0.1) is 6.92 Å². The summed E-state index contributed by atoms with van der Waals surface area (Å²) in [6.45, 7) is 4.99. The fraction of sp³-hybridized carbons (Fsp3) is 0.400. The highest BCUT2D eigenvalue weighted by atomic mass is 35.5. The van der Waals surface area contributed by atoms with E-state index in [9.17, 15) is 18.0 Å². The van der Waals surface area contributed by atoms with E-state index in [2.05, 4.69) is 9.88 Å². The predicted octanol–water partition coefficient (Wildman–Crippen LogP) is 3.90. The summed E-state index contributed by atoms with van der Waals surface area (Å²) in [7, 11) is 0. The lowest BCUT2D eigenvalue weighted by atomic mass is 10.1. The standard InChI is InChI=1S/C20H21ClF3N3O2/c1-14-17(6-7-18(25-14)20(22,23)24)19(28)27-10-8-26(9-11-27)12-13-29-16-4-2-15(21)3-5-16/h2-7H,8-13H2,1H3. The highest BCUT2D eigenvalue weighted by Crippen LogP contribution is 2.28. The van der Waals surface area contributed by atoms with E-state index >= 15 is 0 Å². The molecule has 9 heteroatoms. The maximum absolute atomic E-state index is 12.7. The largest absolute Gasteiger partial charge is 0.492 e. The molecule has 1 fully saturated rings. The number of rotatable bonds is 5. The van der Waals surface area contributed by atoms with E-state index in [4.69, 9.17) is 16.3 Å². The summed E-state index contributed by atoms with van der Waals surface area (Å²) >= 11 is 5.84. The Kier molecular flexibility index (Phi) is 6.64. The zero-order valence-corrected chi connectivity index (χ0v) is 16.6. The zero-order valence-electron chi connectivity index (χ0n) is 15.9. The number of amides is 1. The van der Waals surface area contributed by atoms with Gasteiger partial charge in [-0.25, -0.2) is 4.98 Å². The Morgan fingerprint density at radius 1 is 1.10 bits per heavy atom. The van der Waals surface area contributed by atoms with Gasteiger partial charge in [0.1, 0.15) is 18.1 Å². The molecule has 2 heterocycles. The molecule has 3 rings (SSSR count). The summed E-state index contributed by atoms with van der Waals surface area (Å²) < 4.78 is 43.9. The van der Waals surface area contributed by atoms with E-state index in [1.807, 2.05) is 0 Å². The molecule has 0 N–H and O–H groups in total. The van der Waals surface area contributed by atoms with E-state index in [0.29, 0.717) is 44.4 Å². The molecule has 156 valence electrons. The van der Waals surface area contributed by atoms with Gasteiger partial charge in [0.15, 0.2) is 0 Å². The molecule has 29 heavy (non-hydrogen) atoms. The highest BCUT2D eigenvalue weighted by molar-refractivity contribution is 6.30. The summed E-state index contributed by atoms with van der Waals surface area (Å²) in [5.74, 6) is 0.453. The van der Waals surface area contributed by atoms with Gasteiger partial charge in [-0.1, -0.05) is 11.6 Å². The molecule has 0 unspecified atom stereocenters. The minimum absolute atomic E-state index is 0.0867. The highest BCUT2D eigenvalue weighted by Gasteiger charge is 2.33. The van der Waals surface area contributed by atoms with Crippen molar-refractivity contribution in [1.82, 2.24) is 14.8 Å². The zero-order chi connectivity index (χ0) is 21.0. The number of nitrogens with zero attached hydrogens (tertiary/aromatic N) is 3. The molecule has 0 aliphatic carbocycles. The molecule has 1 aliphatic rings. The monoisotopic (exact) mass is 427 g/mol. The van der Waals surface area contributed by atoms with Gasteiger partial charge in [0.2, 0.25) is 0 Å². The van der Waals surface area contributed by atoms with Gasteiger partial charge in [0.25, 0.3) is 5.91 Å². The molecule has 1 aliphatic heterocycles. The summed E-state index contributed by atoms with van der Waals surface area (Å²) in [6, 6.07) is 9.20. The third kappa shape index (κ3) is 5.61. The predicted molar refractivity (Wildman–Crippen MR) is 103 cm³/mol. The van der Waals surface area contributed by atoms with Crippen LogP contribution < -0.4 is 4.74 Å². The average Bonchev–Trinajstić information content (AvgIpc) is 2.69. The van der Waals surface area contributed by atoms with Crippen molar-refractivity contribution in [3.05, 3.63) is 58.4 Å². The first-order valence-corrected chi connectivity index (χ1v) is 9.56. The molecule has 1 amide bonds. The number of piperazine rings is 1. The number of benzene rings is 1. The van der Waals surface area contributed by atoms with Crippen LogP contribution in [0.25, 0.3) is 0 Å². The fourth-order valence-corrected chi connectivity index (χ4v) is 3.24. The van der Waals surface area contributed by atoms with Gasteiger partial charge in [0, 0.05) is 37.7 Å². The molecule has 1 aromatic heterocycles. The first kappa shape index (κ1) is 21.4. The number of alkyl halides is 3. The summed E-state index contributed by atoms with van der Waals surface area (Å²) in [4.78, 5) is 20.0. The van der Waals surface area contributed by atoms with E-state index in [0.717, 1.165) is 11.8 Å². The lowest BCUT2D eigenvalue weighted by Gasteiger charge is -2.34. The quantitative estimate of drug-likeness (QED) is 0.726. The smallest absolute Gasteiger partial charge is 0.433 e. The number of hydrogen-bond acceptors (Lipinski definition) is 4. The molecule has 1 saturated heterocycles. The topological polar surface area (TPSA) is 45.7 Å². The van der Waals surface area contributed by atoms with Crippen molar-refractivity contribution in [2.24, 2.45) is 0 Å². The average molecular weight is 428 g/mol. The number of halogens is 4. The molecule has 1 aromatic carbocycles. The first-order chi connectivity index (χ1) is 13.7. The molecule has 5 nitrogen and oxygen atoms in total. The summed E-state index contributed by atoms with van der Waals surface area (Å²) in [5, 5.41) is 0.650. The van der Waals surface area contributed by atoms with Crippen LogP contribution in [0.4, 0.5) is 13.2 Å². The van der Waals surface area contributed by atoms with Crippen LogP contribution in [0.1, 0.15) is 21.7 Å². The lowest BCUT2D eigenvalue weighted by molar-refractivity contribution is -0.141. The Hall–Kier alpha value is -2.32. The van der Waals surface area contributed by atoms with Crippen molar-refractivity contribution in [2.75, 3.05) is 39.3 Å². The number of ether oxygens (including phenoxy) is 1. The summed E-state index contributed by atoms with van der Waals surface area (Å²) in [5.41, 5.74) is -0.696. The molecule has 0 atom stereocenters. The van der Waals surface area contributed by atoms with Gasteiger partial charge in [0.05, 0.1) is 11.3 Å². The molecule has 2 aromatic rings. The molecule has 0 spiro atoms. The summed E-state index contributed by atoms with van der Waals surface area (Å²) in [6.07, 6.45) is -4.52. The number of carbonyl (C=O) groups is 1. The van der Waals surface area contributed by atoms with Crippen LogP contribution in [-0.2, 0) is 6.18 Å². The second kappa shape index (κ2) is 9.00. The van der Waals surface area contributed by atoms with E-state index in [1.165, 1.54) is 13.0 Å². The SMILES string of the molecule is Cc1nc(C(F)(F)F)ccc1C(=O)N1CCN(CCOc2ccc(Cl)cc2)CC1. The molecule has 0 bridgehead atoms. The van der Waals surface area contributed by atoms with Crippen LogP contribution in [0.3, 0.4) is 0 Å². The van der Waals surface area contributed by atoms with Gasteiger partial charge < -0.3 is 9.64 Å². The van der Waals surface area contributed by atoms with E-state index in [1.54, 1.807) is 29.2 Å². The Morgan fingerprint density at radius 3 is 2.34 bits per heavy atom. The van der Waals surface area contributed by atoms with Crippen LogP contribution in [0.15, 0.2) is 36.4 Å². The third-order valence-corrected chi connectivity index (χ3v) is 5.01. The fourth-order valence-electron chi connectivity index (χ4n) is 3.11. The molecular formula is C20H21ClF3N3O2. The van der Waals surface area contributed by atoms with Crippen molar-refractivity contribution >= 4 is 17.5 Å². The molecule has 0 saturated carbocycles. The Balaban J connectivity index is 1.48. The second-order valence-electron chi connectivity index (χ2n) is 6.76. The van der Waals surface area contributed by atoms with Crippen LogP contribution in [-0.4, -0.2) is 60.0 Å². The number of pyridine rings is 1. The van der Waals surface area contributed by atoms with Crippen LogP contribution in [0.2, 0.25) is 5.02 Å². The van der Waals surface area contributed by atoms with Gasteiger partial charge in [-0.2, -0.15) is 13.2 Å². The van der Waals surface area contributed by atoms with Gasteiger partial charge in [-0.3, -0.25) is 9.69 Å². The van der Waals surface area contributed by atoms with Crippen molar-refractivity contribution in [3.8, 4) is 5.75 Å². The number of aryl methyl sites for hydroxylation is 1. The third-order valence-electron chi connectivity index (χ3n) is 4.76. The van der Waals surface area contributed by atoms with Crippen LogP contribution >= 0.6 is 11.6 Å². The van der Waals surface area contributed by atoms with E-state index < -0.39 is 11.9 Å². The Morgan fingerprint density at radius 2 is 1.76 bits per heavy atom. The van der Waals surface area contributed by atoms with Crippen molar-refractivity contribution in [1.29, 1.82) is 0 Å². The van der Waals surface area contributed by atoms with E-state index in [-0.39, 0.29) is 17.2 Å². The number of hydrogen-bond donors (Lipinski definition) is 0. The van der Waals surface area contributed by atoms with Crippen molar-refractivity contribution in [3.63, 3.8) is 0 Å². The molecule has 0 radical (unpaired) electrons. The normalized spacial score (nSPS) is 15.4. The minimum atomic E-state index is -4.52. The molecular weight excluding hydrogens is 407 g/mol. The van der Waals surface area contributed by atoms with Gasteiger partial charge >= 0.3 is 6.18 Å². The second-order valence-corrected chi connectivity index (χ2v) is 7.20. The van der Waals surface area contributed by atoms with Gasteiger partial charge in [-0.15, -0.1) is 0 Å². The minimum Gasteiger partial charge on any atom is -0.492 e. The van der Waals surface area contributed by atoms with Crippen molar-refractivity contribution in [2.45, 2.75) is 13.1 Å². The lowest BCUT2D eigenvalue weighted by Crippen LogP contribution is -2.49. The van der Waals surface area contributed by atoms with Crippen molar-refractivity contribution < 1.29 is 22.7 Å². The Bertz CT molecular complexity index is 851. The first-order valence-electron chi connectivity index (χ1n) is 9.19. The van der Waals surface area contributed by atoms with Gasteiger partial charge in [-0.05, 0) is 43.3 Å². The Labute approximate surface area is 172 Å². The maximum atomic E-state index is 12.7. The maximum Gasteiger partial charge on any atom is 0.433 e. The number of aromatic nitrogens is 1. The number of carbonyl (C=O) groups excluding carboxylic acids is 1.